The molecule has 3 rings (SSSR count). The van der Waals surface area contributed by atoms with Crippen LogP contribution in [0.25, 0.3) is 11.3 Å². The van der Waals surface area contributed by atoms with E-state index in [0.29, 0.717) is 18.7 Å². The van der Waals surface area contributed by atoms with Crippen molar-refractivity contribution in [2.75, 3.05) is 17.2 Å². The molecule has 0 spiro atoms. The zero-order valence-corrected chi connectivity index (χ0v) is 11.8. The smallest absolute Gasteiger partial charge is 0.150 e. The molecule has 0 bridgehead atoms. The van der Waals surface area contributed by atoms with Crippen LogP contribution >= 0.6 is 0 Å². The lowest BCUT2D eigenvalue weighted by Gasteiger charge is -2.25. The summed E-state index contributed by atoms with van der Waals surface area (Å²) in [5.74, 6) is 0.924. The molecule has 0 aromatic carbocycles. The zero-order chi connectivity index (χ0) is 14.2. The maximum absolute atomic E-state index is 11.5. The van der Waals surface area contributed by atoms with Crippen molar-refractivity contribution < 1.29 is 8.42 Å². The largest absolute Gasteiger partial charge is 0.383 e. The number of imidazole rings is 1. The molecule has 2 aromatic rings. The van der Waals surface area contributed by atoms with E-state index in [1.54, 1.807) is 18.7 Å². The van der Waals surface area contributed by atoms with Crippen LogP contribution in [0.1, 0.15) is 18.9 Å². The first-order valence-electron chi connectivity index (χ1n) is 6.50. The van der Waals surface area contributed by atoms with Crippen molar-refractivity contribution in [3.8, 4) is 11.3 Å². The van der Waals surface area contributed by atoms with Gasteiger partial charge in [0.15, 0.2) is 0 Å². The molecule has 1 saturated heterocycles. The van der Waals surface area contributed by atoms with E-state index >= 15 is 0 Å². The highest BCUT2D eigenvalue weighted by Gasteiger charge is 2.26. The highest BCUT2D eigenvalue weighted by atomic mass is 32.2. The summed E-state index contributed by atoms with van der Waals surface area (Å²) in [4.78, 5) is 8.27. The van der Waals surface area contributed by atoms with Gasteiger partial charge in [-0.1, -0.05) is 0 Å². The number of rotatable bonds is 2. The van der Waals surface area contributed by atoms with Gasteiger partial charge in [-0.3, -0.25) is 0 Å². The lowest BCUT2D eigenvalue weighted by atomic mass is 10.1. The van der Waals surface area contributed by atoms with Gasteiger partial charge in [0.2, 0.25) is 0 Å². The van der Waals surface area contributed by atoms with Crippen molar-refractivity contribution in [1.29, 1.82) is 0 Å². The molecule has 6 nitrogen and oxygen atoms in total. The Kier molecular flexibility index (Phi) is 3.21. The van der Waals surface area contributed by atoms with Crippen LogP contribution in [-0.2, 0) is 9.84 Å². The predicted octanol–water partition coefficient (Wildman–Crippen LogP) is 1.28. The molecule has 3 heterocycles. The molecular weight excluding hydrogens is 276 g/mol. The van der Waals surface area contributed by atoms with E-state index in [0.717, 1.165) is 11.3 Å². The number of anilines is 1. The number of aromatic nitrogens is 3. The minimum Gasteiger partial charge on any atom is -0.383 e. The highest BCUT2D eigenvalue weighted by molar-refractivity contribution is 7.91. The minimum absolute atomic E-state index is 0.149. The molecule has 0 amide bonds. The van der Waals surface area contributed by atoms with Crippen molar-refractivity contribution in [3.05, 3.63) is 30.9 Å². The van der Waals surface area contributed by atoms with Gasteiger partial charge in [-0.15, -0.1) is 0 Å². The van der Waals surface area contributed by atoms with E-state index in [4.69, 9.17) is 5.73 Å². The average molecular weight is 292 g/mol. The molecule has 2 N–H and O–H groups in total. The molecule has 0 unspecified atom stereocenters. The topological polar surface area (TPSA) is 90.9 Å². The molecule has 1 aliphatic rings. The van der Waals surface area contributed by atoms with E-state index in [2.05, 4.69) is 9.97 Å². The molecule has 2 aromatic heterocycles. The standard InChI is InChI=1S/C13H16N4O2S/c14-13-11(2-1-5-16-13)12-8-15-9-17(12)10-3-6-20(18,19)7-4-10/h1-2,5,8-10H,3-4,6-7H2,(H2,14,16). The molecule has 1 aliphatic heterocycles. The van der Waals surface area contributed by atoms with Crippen LogP contribution in [0.5, 0.6) is 0 Å². The zero-order valence-electron chi connectivity index (χ0n) is 10.9. The summed E-state index contributed by atoms with van der Waals surface area (Å²) in [5.41, 5.74) is 7.63. The van der Waals surface area contributed by atoms with Gasteiger partial charge in [0.05, 0.1) is 29.7 Å². The number of pyridine rings is 1. The minimum atomic E-state index is -2.86. The van der Waals surface area contributed by atoms with E-state index < -0.39 is 9.84 Å². The Hall–Kier alpha value is -1.89. The first kappa shape index (κ1) is 13.1. The van der Waals surface area contributed by atoms with Crippen molar-refractivity contribution >= 4 is 15.7 Å². The summed E-state index contributed by atoms with van der Waals surface area (Å²) in [6.07, 6.45) is 6.37. The maximum Gasteiger partial charge on any atom is 0.150 e. The Bertz CT molecular complexity index is 709. The molecule has 1 fully saturated rings. The van der Waals surface area contributed by atoms with Gasteiger partial charge >= 0.3 is 0 Å². The normalized spacial score (nSPS) is 19.0. The Balaban J connectivity index is 1.94. The predicted molar refractivity (Wildman–Crippen MR) is 76.8 cm³/mol. The van der Waals surface area contributed by atoms with Crippen molar-refractivity contribution in [1.82, 2.24) is 14.5 Å². The second-order valence-electron chi connectivity index (χ2n) is 5.01. The lowest BCUT2D eigenvalue weighted by molar-refractivity contribution is 0.453. The van der Waals surface area contributed by atoms with Crippen LogP contribution in [0.15, 0.2) is 30.9 Å². The van der Waals surface area contributed by atoms with E-state index in [1.807, 2.05) is 16.7 Å². The number of sulfone groups is 1. The van der Waals surface area contributed by atoms with Gasteiger partial charge in [-0.05, 0) is 25.0 Å². The quantitative estimate of drug-likeness (QED) is 0.900. The van der Waals surface area contributed by atoms with Gasteiger partial charge in [0.1, 0.15) is 15.7 Å². The number of hydrogen-bond donors (Lipinski definition) is 1. The number of nitrogen functional groups attached to an aromatic ring is 1. The number of hydrogen-bond acceptors (Lipinski definition) is 5. The van der Waals surface area contributed by atoms with Gasteiger partial charge in [-0.2, -0.15) is 0 Å². The fraction of sp³-hybridized carbons (Fsp3) is 0.385. The Morgan fingerprint density at radius 2 is 2.05 bits per heavy atom. The van der Waals surface area contributed by atoms with Crippen molar-refractivity contribution in [3.63, 3.8) is 0 Å². The monoisotopic (exact) mass is 292 g/mol. The molecule has 20 heavy (non-hydrogen) atoms. The molecule has 7 heteroatoms. The first-order valence-corrected chi connectivity index (χ1v) is 8.32. The summed E-state index contributed by atoms with van der Waals surface area (Å²) in [7, 11) is -2.86. The van der Waals surface area contributed by atoms with Crippen LogP contribution in [0.3, 0.4) is 0 Å². The number of nitrogens with zero attached hydrogens (tertiary/aromatic N) is 3. The molecule has 0 atom stereocenters. The molecule has 0 radical (unpaired) electrons. The lowest BCUT2D eigenvalue weighted by Crippen LogP contribution is -2.25. The van der Waals surface area contributed by atoms with Gasteiger partial charge in [0.25, 0.3) is 0 Å². The molecular formula is C13H16N4O2S. The van der Waals surface area contributed by atoms with Crippen LogP contribution in [-0.4, -0.2) is 34.5 Å². The maximum atomic E-state index is 11.5. The summed E-state index contributed by atoms with van der Waals surface area (Å²) in [6, 6.07) is 3.87. The first-order chi connectivity index (χ1) is 9.57. The summed E-state index contributed by atoms with van der Waals surface area (Å²) >= 11 is 0. The average Bonchev–Trinajstić information content (AvgIpc) is 2.88. The fourth-order valence-electron chi connectivity index (χ4n) is 2.59. The third-order valence-corrected chi connectivity index (χ3v) is 5.41. The Morgan fingerprint density at radius 1 is 1.30 bits per heavy atom. The van der Waals surface area contributed by atoms with Crippen LogP contribution in [0.4, 0.5) is 5.82 Å². The van der Waals surface area contributed by atoms with Crippen molar-refractivity contribution in [2.24, 2.45) is 0 Å². The molecule has 106 valence electrons. The number of nitrogens with two attached hydrogens (primary N) is 1. The van der Waals surface area contributed by atoms with Crippen LogP contribution in [0.2, 0.25) is 0 Å². The summed E-state index contributed by atoms with van der Waals surface area (Å²) in [5, 5.41) is 0. The van der Waals surface area contributed by atoms with Crippen molar-refractivity contribution in [2.45, 2.75) is 18.9 Å². The summed E-state index contributed by atoms with van der Waals surface area (Å²) in [6.45, 7) is 0. The van der Waals surface area contributed by atoms with E-state index in [-0.39, 0.29) is 17.5 Å². The second-order valence-corrected chi connectivity index (χ2v) is 7.31. The van der Waals surface area contributed by atoms with Crippen LogP contribution in [0, 0.1) is 0 Å². The summed E-state index contributed by atoms with van der Waals surface area (Å²) < 4.78 is 25.1. The second kappa shape index (κ2) is 4.90. The Labute approximate surface area is 117 Å². The van der Waals surface area contributed by atoms with Gasteiger partial charge < -0.3 is 10.3 Å². The SMILES string of the molecule is Nc1ncccc1-c1cncn1C1CCS(=O)(=O)CC1. The van der Waals surface area contributed by atoms with Crippen LogP contribution < -0.4 is 5.73 Å². The van der Waals surface area contributed by atoms with Gasteiger partial charge in [-0.25, -0.2) is 18.4 Å². The highest BCUT2D eigenvalue weighted by Crippen LogP contribution is 2.31. The third-order valence-electron chi connectivity index (χ3n) is 3.70. The molecule has 0 saturated carbocycles. The molecule has 0 aliphatic carbocycles. The fourth-order valence-corrected chi connectivity index (χ4v) is 4.06. The van der Waals surface area contributed by atoms with E-state index in [1.165, 1.54) is 0 Å². The third kappa shape index (κ3) is 2.40. The Morgan fingerprint density at radius 3 is 2.75 bits per heavy atom. The van der Waals surface area contributed by atoms with E-state index in [9.17, 15) is 8.42 Å². The van der Waals surface area contributed by atoms with Gasteiger partial charge in [0, 0.05) is 17.8 Å².